The number of nitrogens with zero attached hydrogens (tertiary/aromatic N) is 3. The van der Waals surface area contributed by atoms with E-state index in [0.717, 1.165) is 66.8 Å². The normalized spacial score (nSPS) is 13.5. The second-order valence-corrected chi connectivity index (χ2v) is 25.2. The van der Waals surface area contributed by atoms with Gasteiger partial charge in [-0.05, 0) is 149 Å². The lowest BCUT2D eigenvalue weighted by atomic mass is 9.78. The fraction of sp³-hybridized carbons (Fsp3) is 0.304. The smallest absolute Gasteiger partial charge is 0.149 e. The number of hydrogen-bond acceptors (Lipinski definition) is 3. The Morgan fingerprint density at radius 3 is 1.70 bits per heavy atom. The minimum absolute atomic E-state index is 0.0296. The van der Waals surface area contributed by atoms with Crippen LogP contribution in [0.2, 0.25) is 0 Å². The van der Waals surface area contributed by atoms with Crippen molar-refractivity contribution in [3.05, 3.63) is 191 Å². The van der Waals surface area contributed by atoms with Crippen molar-refractivity contribution in [3.63, 3.8) is 0 Å². The Bertz CT molecular complexity index is 3750. The van der Waals surface area contributed by atoms with E-state index in [1.807, 2.05) is 26.8 Å². The Balaban J connectivity index is 1.31. The van der Waals surface area contributed by atoms with Gasteiger partial charge in [0.05, 0.1) is 33.5 Å². The van der Waals surface area contributed by atoms with Crippen LogP contribution in [0.1, 0.15) is 143 Å². The molecule has 0 amide bonds. The van der Waals surface area contributed by atoms with Gasteiger partial charge in [0.2, 0.25) is 0 Å². The summed E-state index contributed by atoms with van der Waals surface area (Å²) < 4.78 is 38.5. The molecule has 0 fully saturated rings. The van der Waals surface area contributed by atoms with Crippen molar-refractivity contribution in [3.8, 4) is 78.6 Å². The summed E-state index contributed by atoms with van der Waals surface area (Å²) in [5.41, 5.74) is 16.2. The van der Waals surface area contributed by atoms with Gasteiger partial charge < -0.3 is 5.11 Å². The van der Waals surface area contributed by atoms with Gasteiger partial charge in [-0.25, -0.2) is 4.98 Å². The summed E-state index contributed by atoms with van der Waals surface area (Å²) in [6.45, 7) is 34.4. The van der Waals surface area contributed by atoms with Crippen molar-refractivity contribution in [2.45, 2.75) is 138 Å². The summed E-state index contributed by atoms with van der Waals surface area (Å²) in [5, 5.41) is 12.7. The van der Waals surface area contributed by atoms with Crippen molar-refractivity contribution < 1.29 is 10.6 Å². The Morgan fingerprint density at radius 1 is 0.452 bits per heavy atom. The summed E-state index contributed by atoms with van der Waals surface area (Å²) in [6.07, 6.45) is 1.69. The maximum Gasteiger partial charge on any atom is 0.149 e. The van der Waals surface area contributed by atoms with Crippen LogP contribution in [0.25, 0.3) is 83.9 Å². The van der Waals surface area contributed by atoms with Crippen molar-refractivity contribution in [1.29, 1.82) is 0 Å². The maximum atomic E-state index is 12.7. The summed E-state index contributed by atoms with van der Waals surface area (Å²) in [4.78, 5) is 10.6. The molecule has 0 saturated carbocycles. The molecular weight excluding hydrogens is 887 g/mol. The van der Waals surface area contributed by atoms with Crippen LogP contribution in [0.4, 0.5) is 0 Å². The van der Waals surface area contributed by atoms with Gasteiger partial charge in [0.15, 0.2) is 0 Å². The van der Waals surface area contributed by atoms with Crippen LogP contribution in [-0.4, -0.2) is 19.6 Å². The van der Waals surface area contributed by atoms with Gasteiger partial charge >= 0.3 is 0 Å². The predicted octanol–water partition coefficient (Wildman–Crippen LogP) is 18.9. The number of fused-ring (bicyclic) bond motifs is 1. The fourth-order valence-corrected chi connectivity index (χ4v) is 9.91. The Morgan fingerprint density at radius 2 is 1.07 bits per heavy atom. The highest BCUT2D eigenvalue weighted by atomic mass is 16.3. The molecule has 0 radical (unpaired) electrons. The van der Waals surface area contributed by atoms with Gasteiger partial charge in [-0.1, -0.05) is 207 Å². The molecule has 73 heavy (non-hydrogen) atoms. The lowest BCUT2D eigenvalue weighted by Gasteiger charge is -2.28. The summed E-state index contributed by atoms with van der Waals surface area (Å²) in [6, 6.07) is 44.7. The highest BCUT2D eigenvalue weighted by Gasteiger charge is 2.30. The number of phenols is 1. The average molecular weight is 966 g/mol. The van der Waals surface area contributed by atoms with Crippen molar-refractivity contribution in [2.75, 3.05) is 0 Å². The molecule has 0 spiro atoms. The summed E-state index contributed by atoms with van der Waals surface area (Å²) in [7, 11) is 0. The number of phenolic OH excluding ortho intramolecular Hbond substituents is 1. The Kier molecular flexibility index (Phi) is 11.6. The highest BCUT2D eigenvalue weighted by molar-refractivity contribution is 5.97. The van der Waals surface area contributed by atoms with Crippen LogP contribution in [0.3, 0.4) is 0 Å². The number of aromatic hydroxyl groups is 1. The van der Waals surface area contributed by atoms with Crippen LogP contribution < -0.4 is 0 Å². The SMILES string of the molecule is [2H]c1c([2H])c(C(C)(C)C)c([2H])c([2H])c1-c1ccnc(-c2cc(-c3cccc4c3nc(-c3cc(C(C)(C)C)cc(C(C)(C)C)c3O)n4-c3ccc(-c4c(-c5ccccc5)cccc4C(C)(C)C)cc3C)cc(C(C)(C)C)c2)c1. The van der Waals surface area contributed by atoms with Crippen LogP contribution in [0.15, 0.2) is 158 Å². The van der Waals surface area contributed by atoms with Crippen molar-refractivity contribution in [1.82, 2.24) is 14.5 Å². The molecule has 2 heterocycles. The van der Waals surface area contributed by atoms with E-state index < -0.39 is 5.41 Å². The second kappa shape index (κ2) is 18.5. The molecule has 7 aromatic carbocycles. The first-order valence-corrected chi connectivity index (χ1v) is 25.8. The molecule has 4 nitrogen and oxygen atoms in total. The lowest BCUT2D eigenvalue weighted by Crippen LogP contribution is -2.17. The number of benzene rings is 7. The van der Waals surface area contributed by atoms with Gasteiger partial charge in [-0.2, -0.15) is 0 Å². The molecule has 0 bridgehead atoms. The molecule has 1 N–H and O–H groups in total. The molecule has 0 atom stereocenters. The topological polar surface area (TPSA) is 50.9 Å². The minimum Gasteiger partial charge on any atom is -0.507 e. The van der Waals surface area contributed by atoms with E-state index in [0.29, 0.717) is 28.2 Å². The molecule has 0 unspecified atom stereocenters. The van der Waals surface area contributed by atoms with Crippen LogP contribution in [0, 0.1) is 6.92 Å². The molecule has 372 valence electrons. The number of pyridine rings is 1. The van der Waals surface area contributed by atoms with E-state index in [4.69, 9.17) is 15.5 Å². The van der Waals surface area contributed by atoms with Crippen LogP contribution in [0.5, 0.6) is 5.75 Å². The van der Waals surface area contributed by atoms with Crippen molar-refractivity contribution >= 4 is 11.0 Å². The van der Waals surface area contributed by atoms with Gasteiger partial charge in [0.25, 0.3) is 0 Å². The fourth-order valence-electron chi connectivity index (χ4n) is 9.91. The molecular formula is C69H75N3O. The summed E-state index contributed by atoms with van der Waals surface area (Å²) >= 11 is 0. The quantitative estimate of drug-likeness (QED) is 0.173. The third-order valence-corrected chi connectivity index (χ3v) is 14.2. The average Bonchev–Trinajstić information content (AvgIpc) is 3.81. The first-order chi connectivity index (χ1) is 35.9. The molecule has 9 rings (SSSR count). The van der Waals surface area contributed by atoms with Crippen LogP contribution in [-0.2, 0) is 27.1 Å². The number of para-hydroxylation sites is 1. The van der Waals surface area contributed by atoms with E-state index in [2.05, 4.69) is 210 Å². The molecule has 0 aliphatic heterocycles. The van der Waals surface area contributed by atoms with Gasteiger partial charge in [0.1, 0.15) is 11.6 Å². The van der Waals surface area contributed by atoms with E-state index in [9.17, 15) is 5.11 Å². The number of rotatable bonds is 7. The highest BCUT2D eigenvalue weighted by Crippen LogP contribution is 2.47. The number of imidazole rings is 1. The lowest BCUT2D eigenvalue weighted by molar-refractivity contribution is 0.446. The molecule has 0 aliphatic rings. The Hall–Kier alpha value is -7.04. The molecule has 4 heteroatoms. The third kappa shape index (κ3) is 10.1. The summed E-state index contributed by atoms with van der Waals surface area (Å²) in [5.74, 6) is 0.846. The van der Waals surface area contributed by atoms with Gasteiger partial charge in [0, 0.05) is 22.9 Å². The standard InChI is InChI=1S/C69H75N3O/c1-43-36-47(61-53(45-22-18-17-19-23-45)24-20-26-56(61)68(11,12)13)30-33-59(43)72-60-27-21-25-54(62(60)71-64(72)55-41-52(67(8,9)10)42-57(63(55)73)69(14,15)16)48-37-49(39-51(38-48)66(5,6)7)58-40-46(34-35-70-58)44-28-31-50(32-29-44)65(2,3)4/h17-42,73H,1-16H3/i28D,29D,31D,32D. The first-order valence-electron chi connectivity index (χ1n) is 27.8. The zero-order chi connectivity index (χ0) is 56.1. The number of aromatic nitrogens is 3. The molecule has 2 aromatic heterocycles. The molecule has 0 saturated heterocycles. The zero-order valence-electron chi connectivity index (χ0n) is 50.0. The van der Waals surface area contributed by atoms with Gasteiger partial charge in [-0.3, -0.25) is 9.55 Å². The molecule has 9 aromatic rings. The van der Waals surface area contributed by atoms with E-state index in [1.54, 1.807) is 12.3 Å². The van der Waals surface area contributed by atoms with E-state index in [1.165, 1.54) is 16.7 Å². The van der Waals surface area contributed by atoms with Crippen molar-refractivity contribution in [2.24, 2.45) is 0 Å². The number of hydrogen-bond donors (Lipinski definition) is 1. The third-order valence-electron chi connectivity index (χ3n) is 14.2. The zero-order valence-corrected chi connectivity index (χ0v) is 46.0. The number of aryl methyl sites for hydroxylation is 1. The maximum absolute atomic E-state index is 12.7. The van der Waals surface area contributed by atoms with Gasteiger partial charge in [-0.15, -0.1) is 0 Å². The largest absolute Gasteiger partial charge is 0.507 e. The first kappa shape index (κ1) is 45.8. The molecule has 0 aliphatic carbocycles. The predicted molar refractivity (Wildman–Crippen MR) is 311 cm³/mol. The minimum atomic E-state index is -0.577. The second-order valence-electron chi connectivity index (χ2n) is 25.2. The van der Waals surface area contributed by atoms with Crippen LogP contribution >= 0.6 is 0 Å². The van der Waals surface area contributed by atoms with E-state index >= 15 is 0 Å². The Labute approximate surface area is 441 Å². The monoisotopic (exact) mass is 966 g/mol. The van der Waals surface area contributed by atoms with E-state index in [-0.39, 0.29) is 57.1 Å².